The summed E-state index contributed by atoms with van der Waals surface area (Å²) < 4.78 is 32.5. The van der Waals surface area contributed by atoms with Crippen LogP contribution in [0.3, 0.4) is 0 Å². The molecule has 1 heterocycles. The second-order valence-corrected chi connectivity index (χ2v) is 9.31. The standard InChI is InChI=1S/C23H30N2O4S/c1-2-29-17-7-14-24-23(26)21-9-6-8-20(18-21)19-10-12-22(13-11-19)30(27,28)25-15-4-3-5-16-25/h6,8-13,18H,2-5,7,14-17H2,1H3,(H,24,26). The lowest BCUT2D eigenvalue weighted by atomic mass is 10.0. The number of carbonyl (C=O) groups is 1. The van der Waals surface area contributed by atoms with Crippen LogP contribution in [0.2, 0.25) is 0 Å². The number of nitrogens with zero attached hydrogens (tertiary/aromatic N) is 1. The van der Waals surface area contributed by atoms with E-state index in [0.29, 0.717) is 43.3 Å². The molecule has 0 aromatic heterocycles. The van der Waals surface area contributed by atoms with Crippen LogP contribution in [-0.4, -0.2) is 51.5 Å². The summed E-state index contributed by atoms with van der Waals surface area (Å²) in [6.45, 7) is 4.99. The van der Waals surface area contributed by atoms with Crippen molar-refractivity contribution in [1.82, 2.24) is 9.62 Å². The highest BCUT2D eigenvalue weighted by atomic mass is 32.2. The molecule has 0 atom stereocenters. The third-order valence-corrected chi connectivity index (χ3v) is 7.13. The molecule has 6 nitrogen and oxygen atoms in total. The molecular formula is C23H30N2O4S. The molecule has 1 fully saturated rings. The van der Waals surface area contributed by atoms with E-state index in [-0.39, 0.29) is 5.91 Å². The number of ether oxygens (including phenoxy) is 1. The molecular weight excluding hydrogens is 400 g/mol. The Morgan fingerprint density at radius 2 is 1.77 bits per heavy atom. The minimum atomic E-state index is -3.44. The Morgan fingerprint density at radius 1 is 1.03 bits per heavy atom. The second kappa shape index (κ2) is 10.7. The zero-order valence-corrected chi connectivity index (χ0v) is 18.3. The van der Waals surface area contributed by atoms with Crippen LogP contribution in [0.15, 0.2) is 53.4 Å². The highest BCUT2D eigenvalue weighted by Crippen LogP contribution is 2.25. The first-order valence-corrected chi connectivity index (χ1v) is 12.0. The normalized spacial score (nSPS) is 15.1. The predicted octanol–water partition coefficient (Wildman–Crippen LogP) is 3.68. The number of rotatable bonds is 9. The lowest BCUT2D eigenvalue weighted by Crippen LogP contribution is -2.35. The van der Waals surface area contributed by atoms with Gasteiger partial charge in [0.1, 0.15) is 0 Å². The van der Waals surface area contributed by atoms with Crippen LogP contribution in [0.4, 0.5) is 0 Å². The smallest absolute Gasteiger partial charge is 0.251 e. The first kappa shape index (κ1) is 22.5. The molecule has 0 radical (unpaired) electrons. The molecule has 2 aromatic rings. The largest absolute Gasteiger partial charge is 0.382 e. The predicted molar refractivity (Wildman–Crippen MR) is 118 cm³/mol. The third-order valence-electron chi connectivity index (χ3n) is 5.22. The summed E-state index contributed by atoms with van der Waals surface area (Å²) in [5, 5.41) is 2.90. The fourth-order valence-corrected chi connectivity index (χ4v) is 5.05. The molecule has 0 bridgehead atoms. The van der Waals surface area contributed by atoms with Crippen LogP contribution in [0.5, 0.6) is 0 Å². The summed E-state index contributed by atoms with van der Waals surface area (Å²) in [4.78, 5) is 12.7. The molecule has 0 unspecified atom stereocenters. The summed E-state index contributed by atoms with van der Waals surface area (Å²) in [6, 6.07) is 14.3. The van der Waals surface area contributed by atoms with Gasteiger partial charge in [-0.25, -0.2) is 8.42 Å². The van der Waals surface area contributed by atoms with Gasteiger partial charge in [0, 0.05) is 38.4 Å². The fraction of sp³-hybridized carbons (Fsp3) is 0.435. The maximum absolute atomic E-state index is 12.8. The zero-order chi connectivity index (χ0) is 21.4. The SMILES string of the molecule is CCOCCCNC(=O)c1cccc(-c2ccc(S(=O)(=O)N3CCCCC3)cc2)c1. The van der Waals surface area contributed by atoms with Crippen molar-refractivity contribution in [3.63, 3.8) is 0 Å². The zero-order valence-electron chi connectivity index (χ0n) is 17.5. The molecule has 1 N–H and O–H groups in total. The van der Waals surface area contributed by atoms with Crippen molar-refractivity contribution in [1.29, 1.82) is 0 Å². The number of piperidine rings is 1. The topological polar surface area (TPSA) is 75.7 Å². The number of hydrogen-bond acceptors (Lipinski definition) is 4. The maximum atomic E-state index is 12.8. The summed E-state index contributed by atoms with van der Waals surface area (Å²) in [5.74, 6) is -0.127. The van der Waals surface area contributed by atoms with Gasteiger partial charge in [-0.05, 0) is 61.6 Å². The molecule has 7 heteroatoms. The lowest BCUT2D eigenvalue weighted by molar-refractivity contribution is 0.0944. The van der Waals surface area contributed by atoms with E-state index in [1.807, 2.05) is 25.1 Å². The average Bonchev–Trinajstić information content (AvgIpc) is 2.79. The Morgan fingerprint density at radius 3 is 2.47 bits per heavy atom. The van der Waals surface area contributed by atoms with Gasteiger partial charge in [-0.15, -0.1) is 0 Å². The van der Waals surface area contributed by atoms with E-state index < -0.39 is 10.0 Å². The number of hydrogen-bond donors (Lipinski definition) is 1. The molecule has 1 amide bonds. The molecule has 0 aliphatic carbocycles. The van der Waals surface area contributed by atoms with Crippen LogP contribution >= 0.6 is 0 Å². The highest BCUT2D eigenvalue weighted by molar-refractivity contribution is 7.89. The van der Waals surface area contributed by atoms with Crippen molar-refractivity contribution in [2.45, 2.75) is 37.5 Å². The van der Waals surface area contributed by atoms with Gasteiger partial charge in [-0.2, -0.15) is 4.31 Å². The Bertz CT molecular complexity index is 936. The van der Waals surface area contributed by atoms with E-state index in [1.54, 1.807) is 34.6 Å². The third kappa shape index (κ3) is 5.68. The van der Waals surface area contributed by atoms with Crippen LogP contribution < -0.4 is 5.32 Å². The second-order valence-electron chi connectivity index (χ2n) is 7.38. The minimum absolute atomic E-state index is 0.127. The maximum Gasteiger partial charge on any atom is 0.251 e. The first-order chi connectivity index (χ1) is 14.5. The van der Waals surface area contributed by atoms with Crippen LogP contribution in [0, 0.1) is 0 Å². The number of benzene rings is 2. The Kier molecular flexibility index (Phi) is 8.01. The van der Waals surface area contributed by atoms with Crippen LogP contribution in [0.25, 0.3) is 11.1 Å². The van der Waals surface area contributed by atoms with E-state index in [9.17, 15) is 13.2 Å². The number of sulfonamides is 1. The van der Waals surface area contributed by atoms with E-state index in [4.69, 9.17) is 4.74 Å². The van der Waals surface area contributed by atoms with E-state index in [1.165, 1.54) is 0 Å². The van der Waals surface area contributed by atoms with Gasteiger partial charge in [0.25, 0.3) is 5.91 Å². The van der Waals surface area contributed by atoms with Gasteiger partial charge in [0.15, 0.2) is 0 Å². The average molecular weight is 431 g/mol. The van der Waals surface area contributed by atoms with E-state index >= 15 is 0 Å². The van der Waals surface area contributed by atoms with Crippen molar-refractivity contribution < 1.29 is 17.9 Å². The summed E-state index contributed by atoms with van der Waals surface area (Å²) >= 11 is 0. The fourth-order valence-electron chi connectivity index (χ4n) is 3.54. The molecule has 2 aromatic carbocycles. The van der Waals surface area contributed by atoms with Gasteiger partial charge in [-0.3, -0.25) is 4.79 Å². The molecule has 0 saturated carbocycles. The van der Waals surface area contributed by atoms with E-state index in [0.717, 1.165) is 36.8 Å². The number of carbonyl (C=O) groups excluding carboxylic acids is 1. The first-order valence-electron chi connectivity index (χ1n) is 10.6. The molecule has 162 valence electrons. The molecule has 0 spiro atoms. The van der Waals surface area contributed by atoms with Crippen molar-refractivity contribution in [3.8, 4) is 11.1 Å². The van der Waals surface area contributed by atoms with Gasteiger partial charge in [0.2, 0.25) is 10.0 Å². The lowest BCUT2D eigenvalue weighted by Gasteiger charge is -2.25. The molecule has 1 aliphatic heterocycles. The Balaban J connectivity index is 1.68. The molecule has 1 aliphatic rings. The van der Waals surface area contributed by atoms with Crippen molar-refractivity contribution in [3.05, 3.63) is 54.1 Å². The van der Waals surface area contributed by atoms with Crippen molar-refractivity contribution >= 4 is 15.9 Å². The van der Waals surface area contributed by atoms with E-state index in [2.05, 4.69) is 5.32 Å². The molecule has 30 heavy (non-hydrogen) atoms. The number of nitrogens with one attached hydrogen (secondary N) is 1. The summed E-state index contributed by atoms with van der Waals surface area (Å²) in [7, 11) is -3.44. The van der Waals surface area contributed by atoms with Gasteiger partial charge >= 0.3 is 0 Å². The van der Waals surface area contributed by atoms with Crippen LogP contribution in [-0.2, 0) is 14.8 Å². The van der Waals surface area contributed by atoms with Gasteiger partial charge < -0.3 is 10.1 Å². The quantitative estimate of drug-likeness (QED) is 0.616. The summed E-state index contributed by atoms with van der Waals surface area (Å²) in [6.07, 6.45) is 3.68. The van der Waals surface area contributed by atoms with Crippen molar-refractivity contribution in [2.75, 3.05) is 32.8 Å². The van der Waals surface area contributed by atoms with Crippen molar-refractivity contribution in [2.24, 2.45) is 0 Å². The minimum Gasteiger partial charge on any atom is -0.382 e. The molecule has 1 saturated heterocycles. The Hall–Kier alpha value is -2.22. The number of amides is 1. The monoisotopic (exact) mass is 430 g/mol. The van der Waals surface area contributed by atoms with Gasteiger partial charge in [0.05, 0.1) is 4.90 Å². The summed E-state index contributed by atoms with van der Waals surface area (Å²) in [5.41, 5.74) is 2.33. The molecule has 3 rings (SSSR count). The Labute approximate surface area is 179 Å². The van der Waals surface area contributed by atoms with Gasteiger partial charge in [-0.1, -0.05) is 30.7 Å². The highest BCUT2D eigenvalue weighted by Gasteiger charge is 2.25. The van der Waals surface area contributed by atoms with Crippen LogP contribution in [0.1, 0.15) is 43.0 Å².